The van der Waals surface area contributed by atoms with E-state index in [1.165, 1.54) is 19.3 Å². The number of hydrogen-bond donors (Lipinski definition) is 4. The predicted molar refractivity (Wildman–Crippen MR) is 144 cm³/mol. The lowest BCUT2D eigenvalue weighted by atomic mass is 10.0. The second-order valence-corrected chi connectivity index (χ2v) is 8.30. The number of anilines is 3. The molecule has 0 saturated heterocycles. The van der Waals surface area contributed by atoms with Gasteiger partial charge < -0.3 is 39.8 Å². The number of amides is 2. The molecule has 0 bridgehead atoms. The Labute approximate surface area is 225 Å². The predicted octanol–water partition coefficient (Wildman–Crippen LogP) is 3.87. The normalized spacial score (nSPS) is 13.5. The van der Waals surface area contributed by atoms with Crippen LogP contribution >= 0.6 is 0 Å². The number of para-hydroxylation sites is 2. The van der Waals surface area contributed by atoms with Gasteiger partial charge in [0.15, 0.2) is 17.6 Å². The van der Waals surface area contributed by atoms with E-state index < -0.39 is 24.2 Å². The van der Waals surface area contributed by atoms with Crippen LogP contribution in [0, 0.1) is 0 Å². The van der Waals surface area contributed by atoms with E-state index in [1.54, 1.807) is 66.7 Å². The minimum absolute atomic E-state index is 0.0932. The number of nitrogens with two attached hydrogens (primary N) is 1. The Morgan fingerprint density at radius 2 is 1.87 bits per heavy atom. The summed E-state index contributed by atoms with van der Waals surface area (Å²) in [4.78, 5) is 25.5. The zero-order valence-electron chi connectivity index (χ0n) is 21.2. The molecule has 0 unspecified atom stereocenters. The number of hydrogen-bond acceptors (Lipinski definition) is 9. The maximum Gasteiger partial charge on any atom is 0.412 e. The summed E-state index contributed by atoms with van der Waals surface area (Å²) < 4.78 is 27.6. The Bertz CT molecular complexity index is 1330. The van der Waals surface area contributed by atoms with Gasteiger partial charge in [-0.1, -0.05) is 24.3 Å². The minimum atomic E-state index is -0.979. The van der Waals surface area contributed by atoms with Crippen LogP contribution in [0.5, 0.6) is 17.2 Å². The highest BCUT2D eigenvalue weighted by Crippen LogP contribution is 2.34. The number of ether oxygens (including phenoxy) is 5. The van der Waals surface area contributed by atoms with Gasteiger partial charge in [-0.3, -0.25) is 10.1 Å². The van der Waals surface area contributed by atoms with Crippen LogP contribution in [0.2, 0.25) is 0 Å². The number of fused-ring (bicyclic) bond motifs is 1. The number of benzene rings is 3. The molecule has 0 aromatic heterocycles. The molecule has 0 spiro atoms. The van der Waals surface area contributed by atoms with Gasteiger partial charge in [0.05, 0.1) is 18.0 Å². The average molecular weight is 536 g/mol. The second-order valence-electron chi connectivity index (χ2n) is 8.30. The summed E-state index contributed by atoms with van der Waals surface area (Å²) in [6.45, 7) is 0.0365. The first-order chi connectivity index (χ1) is 19.0. The molecular formula is C28H29N3O8. The van der Waals surface area contributed by atoms with Crippen LogP contribution in [-0.4, -0.2) is 50.3 Å². The highest BCUT2D eigenvalue weighted by molar-refractivity contribution is 6.01. The van der Waals surface area contributed by atoms with Crippen molar-refractivity contribution in [1.82, 2.24) is 0 Å². The van der Waals surface area contributed by atoms with Crippen molar-refractivity contribution in [3.63, 3.8) is 0 Å². The number of aliphatic hydroxyl groups excluding tert-OH is 1. The molecule has 0 saturated carbocycles. The fraction of sp³-hybridized carbons (Fsp3) is 0.214. The molecule has 39 heavy (non-hydrogen) atoms. The Hall–Kier alpha value is -4.74. The topological polar surface area (TPSA) is 151 Å². The second kappa shape index (κ2) is 13.2. The molecular weight excluding hydrogens is 506 g/mol. The van der Waals surface area contributed by atoms with E-state index in [4.69, 9.17) is 34.5 Å². The van der Waals surface area contributed by atoms with Crippen LogP contribution in [0.4, 0.5) is 21.9 Å². The molecule has 0 radical (unpaired) electrons. The molecule has 1 aliphatic rings. The van der Waals surface area contributed by atoms with Crippen LogP contribution in [0.3, 0.4) is 0 Å². The summed E-state index contributed by atoms with van der Waals surface area (Å²) in [7, 11) is 1.43. The van der Waals surface area contributed by atoms with Gasteiger partial charge in [-0.25, -0.2) is 4.79 Å². The molecule has 0 fully saturated rings. The Morgan fingerprint density at radius 1 is 1.05 bits per heavy atom. The van der Waals surface area contributed by atoms with Crippen molar-refractivity contribution in [3.05, 3.63) is 84.4 Å². The van der Waals surface area contributed by atoms with Gasteiger partial charge in [-0.05, 0) is 48.0 Å². The van der Waals surface area contributed by atoms with Crippen molar-refractivity contribution >= 4 is 29.1 Å². The lowest BCUT2D eigenvalue weighted by Crippen LogP contribution is -2.27. The number of nitrogens with one attached hydrogen (secondary N) is 2. The summed E-state index contributed by atoms with van der Waals surface area (Å²) in [5.74, 6) is 1.09. The quantitative estimate of drug-likeness (QED) is 0.212. The maximum atomic E-state index is 12.9. The summed E-state index contributed by atoms with van der Waals surface area (Å²) in [5.41, 5.74) is 7.76. The van der Waals surface area contributed by atoms with Crippen molar-refractivity contribution in [2.75, 3.05) is 43.5 Å². The molecule has 0 aliphatic carbocycles. The van der Waals surface area contributed by atoms with E-state index >= 15 is 0 Å². The fourth-order valence-electron chi connectivity index (χ4n) is 3.78. The molecule has 4 rings (SSSR count). The maximum absolute atomic E-state index is 12.9. The van der Waals surface area contributed by atoms with Gasteiger partial charge in [0.25, 0.3) is 0 Å². The smallest absolute Gasteiger partial charge is 0.412 e. The molecule has 1 aliphatic heterocycles. The van der Waals surface area contributed by atoms with E-state index in [1.807, 2.05) is 0 Å². The van der Waals surface area contributed by atoms with Gasteiger partial charge in [0, 0.05) is 24.9 Å². The summed E-state index contributed by atoms with van der Waals surface area (Å²) in [5, 5.41) is 14.5. The molecule has 11 heteroatoms. The van der Waals surface area contributed by atoms with E-state index in [-0.39, 0.29) is 20.0 Å². The first-order valence-electron chi connectivity index (χ1n) is 12.0. The third-order valence-corrected chi connectivity index (χ3v) is 5.63. The van der Waals surface area contributed by atoms with Gasteiger partial charge in [-0.15, -0.1) is 0 Å². The molecule has 1 heterocycles. The minimum Gasteiger partial charge on any atom is -0.491 e. The van der Waals surface area contributed by atoms with Gasteiger partial charge in [0.1, 0.15) is 18.5 Å². The molecule has 3 aromatic carbocycles. The lowest BCUT2D eigenvalue weighted by Gasteiger charge is -2.25. The largest absolute Gasteiger partial charge is 0.491 e. The monoisotopic (exact) mass is 535 g/mol. The summed E-state index contributed by atoms with van der Waals surface area (Å²) in [6, 6.07) is 18.6. The Kier molecular flexibility index (Phi) is 9.22. The van der Waals surface area contributed by atoms with Crippen LogP contribution in [-0.2, 0) is 14.3 Å². The van der Waals surface area contributed by atoms with Crippen molar-refractivity contribution in [3.8, 4) is 17.2 Å². The number of carbonyl (C=O) groups is 2. The fourth-order valence-corrected chi connectivity index (χ4v) is 3.78. The molecule has 2 atom stereocenters. The number of rotatable bonds is 11. The molecule has 2 amide bonds. The van der Waals surface area contributed by atoms with Crippen molar-refractivity contribution < 1.29 is 38.4 Å². The first kappa shape index (κ1) is 27.3. The highest BCUT2D eigenvalue weighted by atomic mass is 16.7. The van der Waals surface area contributed by atoms with Crippen LogP contribution < -0.4 is 30.6 Å². The van der Waals surface area contributed by atoms with Gasteiger partial charge >= 0.3 is 6.09 Å². The zero-order valence-corrected chi connectivity index (χ0v) is 21.2. The van der Waals surface area contributed by atoms with Crippen LogP contribution in [0.15, 0.2) is 78.9 Å². The molecule has 11 nitrogen and oxygen atoms in total. The Balaban J connectivity index is 1.53. The average Bonchev–Trinajstić information content (AvgIpc) is 3.41. The number of carbonyl (C=O) groups excluding carboxylic acids is 2. The summed E-state index contributed by atoms with van der Waals surface area (Å²) >= 11 is 0. The number of methoxy groups -OCH3 is 1. The zero-order chi connectivity index (χ0) is 27.6. The highest BCUT2D eigenvalue weighted by Gasteiger charge is 2.27. The third-order valence-electron chi connectivity index (χ3n) is 5.63. The van der Waals surface area contributed by atoms with Gasteiger partial charge in [0.2, 0.25) is 12.7 Å². The SMILES string of the molecule is CO[C@H](/C=C/C(=O)Nc1ccccc1N)[C@H](OC(=O)Nc1ccc2c(c1)OCO2)c1cccc(OCCO)c1. The summed E-state index contributed by atoms with van der Waals surface area (Å²) in [6.07, 6.45) is 0.150. The molecule has 204 valence electrons. The standard InChI is InChI=1S/C28H29N3O8/c1-35-24(11-12-26(33)31-22-8-3-2-7-21(22)29)27(18-5-4-6-20(15-18)36-14-13-32)39-28(34)30-19-9-10-23-25(16-19)38-17-37-23/h2-12,15-16,24,27,32H,13-14,17,29H2,1H3,(H,30,34)(H,31,33)/b12-11+/t24-,27-/m1/s1. The van der Waals surface area contributed by atoms with Crippen molar-refractivity contribution in [1.29, 1.82) is 0 Å². The van der Waals surface area contributed by atoms with Crippen LogP contribution in [0.25, 0.3) is 0 Å². The van der Waals surface area contributed by atoms with Crippen molar-refractivity contribution in [2.24, 2.45) is 0 Å². The lowest BCUT2D eigenvalue weighted by molar-refractivity contribution is -0.112. The van der Waals surface area contributed by atoms with E-state index in [9.17, 15) is 9.59 Å². The van der Waals surface area contributed by atoms with E-state index in [0.29, 0.717) is 39.9 Å². The van der Waals surface area contributed by atoms with Crippen molar-refractivity contribution in [2.45, 2.75) is 12.2 Å². The first-order valence-corrected chi connectivity index (χ1v) is 12.0. The van der Waals surface area contributed by atoms with Gasteiger partial charge in [-0.2, -0.15) is 0 Å². The Morgan fingerprint density at radius 3 is 2.67 bits per heavy atom. The number of aliphatic hydroxyl groups is 1. The molecule has 3 aromatic rings. The van der Waals surface area contributed by atoms with E-state index in [0.717, 1.165) is 0 Å². The van der Waals surface area contributed by atoms with Crippen LogP contribution in [0.1, 0.15) is 11.7 Å². The van der Waals surface area contributed by atoms with E-state index in [2.05, 4.69) is 10.6 Å². The molecule has 5 N–H and O–H groups in total. The number of nitrogen functional groups attached to an aromatic ring is 1. The third kappa shape index (κ3) is 7.40.